The highest BCUT2D eigenvalue weighted by Crippen LogP contribution is 2.10. The number of hydrogen-bond donors (Lipinski definition) is 0. The fourth-order valence-corrected chi connectivity index (χ4v) is 1.99. The summed E-state index contributed by atoms with van der Waals surface area (Å²) in [4.78, 5) is 0. The second-order valence-electron chi connectivity index (χ2n) is 3.84. The highest BCUT2D eigenvalue weighted by Gasteiger charge is 2.11. The lowest BCUT2D eigenvalue weighted by atomic mass is 10.4. The van der Waals surface area contributed by atoms with E-state index in [9.17, 15) is 8.42 Å². The van der Waals surface area contributed by atoms with Gasteiger partial charge in [0.25, 0.3) is 0 Å². The summed E-state index contributed by atoms with van der Waals surface area (Å²) in [5.74, 6) is 0.503. The van der Waals surface area contributed by atoms with Crippen molar-refractivity contribution < 1.29 is 8.42 Å². The van der Waals surface area contributed by atoms with Crippen LogP contribution in [0.25, 0.3) is 5.82 Å². The zero-order valence-corrected chi connectivity index (χ0v) is 10.6. The monoisotopic (exact) mass is 252 g/mol. The Bertz CT molecular complexity index is 643. The summed E-state index contributed by atoms with van der Waals surface area (Å²) in [5, 5.41) is 11.7. The summed E-state index contributed by atoms with van der Waals surface area (Å²) in [6.45, 7) is 3.77. The summed E-state index contributed by atoms with van der Waals surface area (Å²) in [7, 11) is -3.31. The minimum absolute atomic E-state index is 0.0391. The fourth-order valence-electron chi connectivity index (χ4n) is 1.48. The summed E-state index contributed by atoms with van der Waals surface area (Å²) in [6.07, 6.45) is 1.10. The Labute approximate surface area is 99.2 Å². The van der Waals surface area contributed by atoms with Crippen molar-refractivity contribution >= 4 is 9.84 Å². The van der Waals surface area contributed by atoms with E-state index in [2.05, 4.69) is 15.3 Å². The zero-order chi connectivity index (χ0) is 12.6. The Morgan fingerprint density at radius 2 is 1.88 bits per heavy atom. The van der Waals surface area contributed by atoms with Crippen molar-refractivity contribution in [3.05, 3.63) is 29.6 Å². The second-order valence-corrected chi connectivity index (χ2v) is 5.80. The second kappa shape index (κ2) is 3.92. The van der Waals surface area contributed by atoms with Crippen molar-refractivity contribution in [3.63, 3.8) is 0 Å². The highest BCUT2D eigenvalue weighted by atomic mass is 32.2. The number of rotatable bonds is 2. The number of nitrogens with zero attached hydrogens (tertiary/aromatic N) is 4. The Balaban J connectivity index is 2.46. The molecule has 2 aromatic rings. The van der Waals surface area contributed by atoms with Gasteiger partial charge in [0, 0.05) is 11.9 Å². The number of sulfone groups is 1. The fraction of sp³-hybridized carbons (Fsp3) is 0.300. The summed E-state index contributed by atoms with van der Waals surface area (Å²) < 4.78 is 24.1. The Morgan fingerprint density at radius 3 is 2.29 bits per heavy atom. The van der Waals surface area contributed by atoms with Gasteiger partial charge in [-0.05, 0) is 32.0 Å². The van der Waals surface area contributed by atoms with Crippen LogP contribution in [0.5, 0.6) is 0 Å². The molecule has 17 heavy (non-hydrogen) atoms. The molecule has 0 unspecified atom stereocenters. The maximum atomic E-state index is 11.2. The van der Waals surface area contributed by atoms with Crippen LogP contribution in [0.15, 0.2) is 23.2 Å². The minimum atomic E-state index is -3.31. The molecule has 0 radical (unpaired) electrons. The first kappa shape index (κ1) is 11.7. The highest BCUT2D eigenvalue weighted by molar-refractivity contribution is 7.90. The molecule has 0 spiro atoms. The first-order valence-electron chi connectivity index (χ1n) is 4.95. The van der Waals surface area contributed by atoms with E-state index >= 15 is 0 Å². The van der Waals surface area contributed by atoms with Gasteiger partial charge in [-0.3, -0.25) is 0 Å². The lowest BCUT2D eigenvalue weighted by Crippen LogP contribution is -2.07. The summed E-state index contributed by atoms with van der Waals surface area (Å²) in [6, 6.07) is 4.92. The van der Waals surface area contributed by atoms with Crippen molar-refractivity contribution in [2.45, 2.75) is 18.9 Å². The van der Waals surface area contributed by atoms with Crippen LogP contribution in [-0.2, 0) is 9.84 Å². The Hall–Kier alpha value is -1.76. The standard InChI is InChI=1S/C10H12N4O2S/c1-7-6-8(2)14(13-7)9-4-5-10(12-11-9)17(3,15)16/h4-6H,1-3H3. The van der Waals surface area contributed by atoms with E-state index in [0.29, 0.717) is 5.82 Å². The van der Waals surface area contributed by atoms with Crippen LogP contribution in [0.4, 0.5) is 0 Å². The topological polar surface area (TPSA) is 77.7 Å². The zero-order valence-electron chi connectivity index (χ0n) is 9.75. The number of hydrogen-bond acceptors (Lipinski definition) is 5. The van der Waals surface area contributed by atoms with Crippen LogP contribution >= 0.6 is 0 Å². The van der Waals surface area contributed by atoms with Crippen molar-refractivity contribution in [2.75, 3.05) is 6.26 Å². The van der Waals surface area contributed by atoms with E-state index in [1.807, 2.05) is 19.9 Å². The quantitative estimate of drug-likeness (QED) is 0.785. The van der Waals surface area contributed by atoms with Gasteiger partial charge in [0.1, 0.15) is 0 Å². The van der Waals surface area contributed by atoms with E-state index < -0.39 is 9.84 Å². The lowest BCUT2D eigenvalue weighted by molar-refractivity contribution is 0.595. The third-order valence-electron chi connectivity index (χ3n) is 2.23. The van der Waals surface area contributed by atoms with Gasteiger partial charge in [-0.25, -0.2) is 13.1 Å². The average Bonchev–Trinajstić information content (AvgIpc) is 2.57. The van der Waals surface area contributed by atoms with Crippen molar-refractivity contribution in [1.29, 1.82) is 0 Å². The van der Waals surface area contributed by atoms with Crippen molar-refractivity contribution in [3.8, 4) is 5.82 Å². The molecular formula is C10H12N4O2S. The van der Waals surface area contributed by atoms with Crippen LogP contribution in [0, 0.1) is 13.8 Å². The smallest absolute Gasteiger partial charge is 0.194 e. The SMILES string of the molecule is Cc1cc(C)n(-c2ccc(S(C)(=O)=O)nn2)n1. The predicted octanol–water partition coefficient (Wildman–Crippen LogP) is 0.683. The maximum absolute atomic E-state index is 11.2. The third-order valence-corrected chi connectivity index (χ3v) is 3.21. The van der Waals surface area contributed by atoms with Gasteiger partial charge in [0.05, 0.1) is 5.69 Å². The molecule has 7 heteroatoms. The molecule has 2 rings (SSSR count). The van der Waals surface area contributed by atoms with Gasteiger partial charge in [-0.2, -0.15) is 5.10 Å². The Morgan fingerprint density at radius 1 is 1.18 bits per heavy atom. The molecule has 0 fully saturated rings. The summed E-state index contributed by atoms with van der Waals surface area (Å²) in [5.41, 5.74) is 1.79. The van der Waals surface area contributed by atoms with Gasteiger partial charge in [0.2, 0.25) is 0 Å². The minimum Gasteiger partial charge on any atom is -0.222 e. The van der Waals surface area contributed by atoms with E-state index in [0.717, 1.165) is 17.6 Å². The average molecular weight is 252 g/mol. The molecule has 0 saturated heterocycles. The normalized spacial score (nSPS) is 11.7. The molecule has 0 atom stereocenters. The van der Waals surface area contributed by atoms with Crippen LogP contribution in [0.3, 0.4) is 0 Å². The molecule has 0 saturated carbocycles. The largest absolute Gasteiger partial charge is 0.222 e. The Kier molecular flexibility index (Phi) is 2.70. The molecule has 0 N–H and O–H groups in total. The molecule has 0 aliphatic rings. The molecule has 0 amide bonds. The van der Waals surface area contributed by atoms with Crippen LogP contribution in [-0.4, -0.2) is 34.7 Å². The van der Waals surface area contributed by atoms with Gasteiger partial charge in [0.15, 0.2) is 20.7 Å². The van der Waals surface area contributed by atoms with Gasteiger partial charge in [-0.15, -0.1) is 10.2 Å². The van der Waals surface area contributed by atoms with Gasteiger partial charge in [-0.1, -0.05) is 0 Å². The van der Waals surface area contributed by atoms with E-state index in [-0.39, 0.29) is 5.03 Å². The molecule has 0 aliphatic heterocycles. The molecular weight excluding hydrogens is 240 g/mol. The first-order chi connectivity index (χ1) is 7.88. The van der Waals surface area contributed by atoms with Crippen LogP contribution < -0.4 is 0 Å². The number of aryl methyl sites for hydroxylation is 2. The van der Waals surface area contributed by atoms with E-state index in [4.69, 9.17) is 0 Å². The number of aromatic nitrogens is 4. The summed E-state index contributed by atoms with van der Waals surface area (Å²) >= 11 is 0. The molecule has 90 valence electrons. The van der Waals surface area contributed by atoms with E-state index in [1.165, 1.54) is 6.07 Å². The van der Waals surface area contributed by atoms with Gasteiger partial charge >= 0.3 is 0 Å². The molecule has 2 aromatic heterocycles. The van der Waals surface area contributed by atoms with Gasteiger partial charge < -0.3 is 0 Å². The molecule has 2 heterocycles. The maximum Gasteiger partial charge on any atom is 0.194 e. The van der Waals surface area contributed by atoms with Crippen molar-refractivity contribution in [2.24, 2.45) is 0 Å². The molecule has 6 nitrogen and oxygen atoms in total. The van der Waals surface area contributed by atoms with E-state index in [1.54, 1.807) is 10.7 Å². The van der Waals surface area contributed by atoms with Crippen LogP contribution in [0.1, 0.15) is 11.4 Å². The molecule has 0 aliphatic carbocycles. The third kappa shape index (κ3) is 2.33. The molecule has 0 aromatic carbocycles. The van der Waals surface area contributed by atoms with Crippen LogP contribution in [0.2, 0.25) is 0 Å². The predicted molar refractivity (Wildman–Crippen MR) is 61.7 cm³/mol. The lowest BCUT2D eigenvalue weighted by Gasteiger charge is -2.02. The van der Waals surface area contributed by atoms with Crippen molar-refractivity contribution in [1.82, 2.24) is 20.0 Å². The molecule has 0 bridgehead atoms. The first-order valence-corrected chi connectivity index (χ1v) is 6.84.